The van der Waals surface area contributed by atoms with Crippen LogP contribution in [0, 0.1) is 0 Å². The minimum atomic E-state index is 0.0349. The van der Waals surface area contributed by atoms with E-state index in [1.54, 1.807) is 18.4 Å². The number of aryl methyl sites for hydroxylation is 1. The van der Waals surface area contributed by atoms with E-state index < -0.39 is 0 Å². The van der Waals surface area contributed by atoms with Crippen molar-refractivity contribution in [2.45, 2.75) is 6.61 Å². The van der Waals surface area contributed by atoms with Crippen LogP contribution in [-0.4, -0.2) is 31.7 Å². The molecule has 0 aliphatic heterocycles. The number of aromatic amines is 1. The highest BCUT2D eigenvalue weighted by Gasteiger charge is 2.05. The summed E-state index contributed by atoms with van der Waals surface area (Å²) in [5, 5.41) is 10.2. The molecule has 0 amide bonds. The van der Waals surface area contributed by atoms with Gasteiger partial charge in [-0.1, -0.05) is 11.3 Å². The summed E-state index contributed by atoms with van der Waals surface area (Å²) < 4.78 is 9.26. The summed E-state index contributed by atoms with van der Waals surface area (Å²) in [5.41, 5.74) is 1.86. The third-order valence-electron chi connectivity index (χ3n) is 2.86. The summed E-state index contributed by atoms with van der Waals surface area (Å²) in [4.78, 5) is 11.3. The number of nitrogens with one attached hydrogen (secondary N) is 1. The van der Waals surface area contributed by atoms with E-state index in [0.717, 1.165) is 26.2 Å². The first-order valence-electron chi connectivity index (χ1n) is 6.20. The first kappa shape index (κ1) is 14.1. The number of nitrogens with zero attached hydrogens (tertiary/aromatic N) is 3. The Morgan fingerprint density at radius 2 is 2.14 bits per heavy atom. The van der Waals surface area contributed by atoms with E-state index >= 15 is 0 Å². The molecule has 2 N–H and O–H groups in total. The molecule has 0 radical (unpaired) electrons. The Morgan fingerprint density at radius 3 is 2.81 bits per heavy atom. The van der Waals surface area contributed by atoms with Crippen molar-refractivity contribution < 1.29 is 9.84 Å². The van der Waals surface area contributed by atoms with Gasteiger partial charge in [-0.25, -0.2) is 4.98 Å². The molecule has 4 heterocycles. The summed E-state index contributed by atoms with van der Waals surface area (Å²) >= 11 is 3.08. The molecule has 0 aliphatic carbocycles. The van der Waals surface area contributed by atoms with Crippen molar-refractivity contribution in [1.82, 2.24) is 19.5 Å². The summed E-state index contributed by atoms with van der Waals surface area (Å²) in [6, 6.07) is 3.99. The predicted octanol–water partition coefficient (Wildman–Crippen LogP) is 2.76. The zero-order valence-electron chi connectivity index (χ0n) is 11.5. The molecule has 0 aliphatic rings. The van der Waals surface area contributed by atoms with Gasteiger partial charge in [-0.15, -0.1) is 11.3 Å². The second-order valence-electron chi connectivity index (χ2n) is 4.25. The van der Waals surface area contributed by atoms with Gasteiger partial charge in [0.25, 0.3) is 5.19 Å². The number of aliphatic hydroxyl groups is 1. The minimum absolute atomic E-state index is 0.0349. The minimum Gasteiger partial charge on any atom is -0.473 e. The molecule has 0 fully saturated rings. The summed E-state index contributed by atoms with van der Waals surface area (Å²) in [6.07, 6.45) is 3.84. The molecular formula is C13H14N4O2S2. The van der Waals surface area contributed by atoms with Crippen LogP contribution >= 0.6 is 22.7 Å². The van der Waals surface area contributed by atoms with Gasteiger partial charge in [0.05, 0.1) is 23.1 Å². The van der Waals surface area contributed by atoms with Gasteiger partial charge >= 0.3 is 0 Å². The van der Waals surface area contributed by atoms with E-state index in [4.69, 9.17) is 9.84 Å². The van der Waals surface area contributed by atoms with Crippen LogP contribution in [0.1, 0.15) is 5.01 Å². The number of thiazole rings is 2. The van der Waals surface area contributed by atoms with Crippen molar-refractivity contribution >= 4 is 43.4 Å². The maximum atomic E-state index is 8.69. The van der Waals surface area contributed by atoms with Crippen molar-refractivity contribution in [2.75, 3.05) is 7.11 Å². The standard InChI is InChI=1S/C7H8N2OS.C6H6N2OS/c1-9-4-3-5-6(9)8-7(10-2)11-5;9-3-5-8-6-4(10-5)1-2-7-6/h3-4H,1-2H3;1-2,7,9H,3H2. The molecule has 0 atom stereocenters. The Hall–Kier alpha value is -1.90. The lowest BCUT2D eigenvalue weighted by Gasteiger charge is -1.89. The number of H-pyrrole nitrogens is 1. The lowest BCUT2D eigenvalue weighted by Crippen LogP contribution is -1.85. The molecule has 0 saturated heterocycles. The molecule has 0 bridgehead atoms. The monoisotopic (exact) mass is 322 g/mol. The van der Waals surface area contributed by atoms with Gasteiger partial charge in [0.15, 0.2) is 5.65 Å². The topological polar surface area (TPSA) is 76.0 Å². The second-order valence-corrected chi connectivity index (χ2v) is 6.36. The van der Waals surface area contributed by atoms with Crippen LogP contribution in [0.15, 0.2) is 24.5 Å². The number of hydrogen-bond donors (Lipinski definition) is 2. The van der Waals surface area contributed by atoms with Crippen LogP contribution in [-0.2, 0) is 13.7 Å². The van der Waals surface area contributed by atoms with E-state index in [9.17, 15) is 0 Å². The Morgan fingerprint density at radius 1 is 1.29 bits per heavy atom. The average molecular weight is 322 g/mol. The van der Waals surface area contributed by atoms with Gasteiger partial charge in [0.1, 0.15) is 10.7 Å². The molecule has 4 aromatic rings. The molecule has 110 valence electrons. The fourth-order valence-electron chi connectivity index (χ4n) is 1.86. The molecule has 4 aromatic heterocycles. The number of aromatic nitrogens is 4. The highest BCUT2D eigenvalue weighted by molar-refractivity contribution is 7.20. The molecule has 6 nitrogen and oxygen atoms in total. The van der Waals surface area contributed by atoms with E-state index in [-0.39, 0.29) is 6.61 Å². The zero-order valence-corrected chi connectivity index (χ0v) is 13.2. The molecule has 8 heteroatoms. The van der Waals surface area contributed by atoms with E-state index in [1.807, 2.05) is 36.1 Å². The van der Waals surface area contributed by atoms with Crippen molar-refractivity contribution in [2.24, 2.45) is 7.05 Å². The van der Waals surface area contributed by atoms with Crippen LogP contribution in [0.2, 0.25) is 0 Å². The fraction of sp³-hybridized carbons (Fsp3) is 0.231. The van der Waals surface area contributed by atoms with Gasteiger partial charge in [0, 0.05) is 19.4 Å². The zero-order chi connectivity index (χ0) is 14.8. The summed E-state index contributed by atoms with van der Waals surface area (Å²) in [7, 11) is 3.61. The summed E-state index contributed by atoms with van der Waals surface area (Å²) in [5.74, 6) is 0. The number of fused-ring (bicyclic) bond motifs is 2. The van der Waals surface area contributed by atoms with Crippen LogP contribution in [0.3, 0.4) is 0 Å². The van der Waals surface area contributed by atoms with E-state index in [0.29, 0.717) is 0 Å². The third-order valence-corrected chi connectivity index (χ3v) is 4.84. The molecule has 0 spiro atoms. The van der Waals surface area contributed by atoms with E-state index in [1.165, 1.54) is 16.0 Å². The Balaban J connectivity index is 0.000000126. The second kappa shape index (κ2) is 5.84. The van der Waals surface area contributed by atoms with Crippen LogP contribution < -0.4 is 4.74 Å². The quantitative estimate of drug-likeness (QED) is 0.595. The number of ether oxygens (including phenoxy) is 1. The molecular weight excluding hydrogens is 308 g/mol. The highest BCUT2D eigenvalue weighted by Crippen LogP contribution is 2.27. The average Bonchev–Trinajstić information content (AvgIpc) is 3.20. The van der Waals surface area contributed by atoms with Gasteiger partial charge in [-0.3, -0.25) is 0 Å². The molecule has 0 aromatic carbocycles. The number of methoxy groups -OCH3 is 1. The lowest BCUT2D eigenvalue weighted by molar-refractivity contribution is 0.281. The highest BCUT2D eigenvalue weighted by atomic mass is 32.1. The normalized spacial score (nSPS) is 10.8. The lowest BCUT2D eigenvalue weighted by atomic mass is 10.6. The van der Waals surface area contributed by atoms with Gasteiger partial charge in [0.2, 0.25) is 0 Å². The van der Waals surface area contributed by atoms with Crippen molar-refractivity contribution in [3.8, 4) is 5.19 Å². The maximum Gasteiger partial charge on any atom is 0.275 e. The molecule has 0 unspecified atom stereocenters. The maximum absolute atomic E-state index is 8.69. The van der Waals surface area contributed by atoms with Crippen LogP contribution in [0.25, 0.3) is 20.7 Å². The number of hydrogen-bond acceptors (Lipinski definition) is 6. The predicted molar refractivity (Wildman–Crippen MR) is 85.0 cm³/mol. The Bertz CT molecular complexity index is 829. The third kappa shape index (κ3) is 2.78. The molecule has 21 heavy (non-hydrogen) atoms. The van der Waals surface area contributed by atoms with Gasteiger partial charge in [-0.2, -0.15) is 4.98 Å². The van der Waals surface area contributed by atoms with Crippen molar-refractivity contribution in [3.05, 3.63) is 29.5 Å². The Kier molecular flexibility index (Phi) is 3.91. The number of aliphatic hydroxyl groups excluding tert-OH is 1. The van der Waals surface area contributed by atoms with Gasteiger partial charge < -0.3 is 19.4 Å². The van der Waals surface area contributed by atoms with Gasteiger partial charge in [-0.05, 0) is 12.1 Å². The van der Waals surface area contributed by atoms with Crippen LogP contribution in [0.5, 0.6) is 5.19 Å². The molecule has 0 saturated carbocycles. The SMILES string of the molecule is COc1nc2c(ccn2C)s1.OCc1nc2[nH]ccc2s1. The first-order chi connectivity index (χ1) is 10.2. The molecule has 4 rings (SSSR count). The Labute approximate surface area is 128 Å². The van der Waals surface area contributed by atoms with E-state index in [2.05, 4.69) is 15.0 Å². The van der Waals surface area contributed by atoms with Crippen LogP contribution in [0.4, 0.5) is 0 Å². The van der Waals surface area contributed by atoms with Crippen molar-refractivity contribution in [1.29, 1.82) is 0 Å². The smallest absolute Gasteiger partial charge is 0.275 e. The largest absolute Gasteiger partial charge is 0.473 e. The van der Waals surface area contributed by atoms with Crippen molar-refractivity contribution in [3.63, 3.8) is 0 Å². The fourth-order valence-corrected chi connectivity index (χ4v) is 3.47. The number of rotatable bonds is 2. The first-order valence-corrected chi connectivity index (χ1v) is 7.84. The summed E-state index contributed by atoms with van der Waals surface area (Å²) in [6.45, 7) is 0.0349.